The quantitative estimate of drug-likeness (QED) is 0.337. The van der Waals surface area contributed by atoms with Crippen LogP contribution in [0.25, 0.3) is 11.6 Å². The van der Waals surface area contributed by atoms with E-state index < -0.39 is 6.04 Å². The summed E-state index contributed by atoms with van der Waals surface area (Å²) in [5.74, 6) is 1.86. The van der Waals surface area contributed by atoms with Gasteiger partial charge in [0, 0.05) is 12.6 Å². The minimum Gasteiger partial charge on any atom is -0.497 e. The fourth-order valence-corrected chi connectivity index (χ4v) is 4.65. The summed E-state index contributed by atoms with van der Waals surface area (Å²) in [6.45, 7) is 1.75. The average molecular weight is 519 g/mol. The molecule has 5 rings (SSSR count). The number of tetrazole rings is 1. The SMILES string of the molecule is COc1ccc(CN(C(=O)Cn2nnc(-c3ccc(C)o3)n2)C(C(=O)NC2CCCC2)c2ccco2)cc1. The summed E-state index contributed by atoms with van der Waals surface area (Å²) in [6.07, 6.45) is 5.47. The van der Waals surface area contributed by atoms with Crippen LogP contribution in [0.2, 0.25) is 0 Å². The van der Waals surface area contributed by atoms with Crippen LogP contribution >= 0.6 is 0 Å². The summed E-state index contributed by atoms with van der Waals surface area (Å²) in [7, 11) is 1.59. The third kappa shape index (κ3) is 5.77. The summed E-state index contributed by atoms with van der Waals surface area (Å²) in [4.78, 5) is 30.1. The van der Waals surface area contributed by atoms with Crippen molar-refractivity contribution in [3.8, 4) is 17.3 Å². The lowest BCUT2D eigenvalue weighted by Gasteiger charge is -2.30. The van der Waals surface area contributed by atoms with Gasteiger partial charge in [0.2, 0.25) is 11.7 Å². The molecule has 0 radical (unpaired) electrons. The number of carbonyl (C=O) groups is 2. The van der Waals surface area contributed by atoms with Crippen LogP contribution in [0.4, 0.5) is 0 Å². The van der Waals surface area contributed by atoms with E-state index in [2.05, 4.69) is 20.7 Å². The first-order valence-corrected chi connectivity index (χ1v) is 12.6. The summed E-state index contributed by atoms with van der Waals surface area (Å²) >= 11 is 0. The molecule has 1 aliphatic rings. The number of nitrogens with one attached hydrogen (secondary N) is 1. The molecular weight excluding hydrogens is 488 g/mol. The lowest BCUT2D eigenvalue weighted by molar-refractivity contribution is -0.143. The zero-order valence-corrected chi connectivity index (χ0v) is 21.4. The Morgan fingerprint density at radius 3 is 2.61 bits per heavy atom. The predicted molar refractivity (Wildman–Crippen MR) is 136 cm³/mol. The second-order valence-electron chi connectivity index (χ2n) is 9.33. The van der Waals surface area contributed by atoms with Crippen molar-refractivity contribution in [1.29, 1.82) is 0 Å². The van der Waals surface area contributed by atoms with Crippen LogP contribution in [0.15, 0.2) is 63.6 Å². The monoisotopic (exact) mass is 518 g/mol. The van der Waals surface area contributed by atoms with E-state index in [-0.39, 0.29) is 36.8 Å². The Labute approximate surface area is 219 Å². The highest BCUT2D eigenvalue weighted by molar-refractivity contribution is 5.88. The molecule has 2 amide bonds. The number of ether oxygens (including phenoxy) is 1. The molecule has 1 unspecified atom stereocenters. The molecule has 11 heteroatoms. The van der Waals surface area contributed by atoms with E-state index in [0.29, 0.717) is 23.0 Å². The van der Waals surface area contributed by atoms with E-state index in [0.717, 1.165) is 31.2 Å². The number of aryl methyl sites for hydroxylation is 1. The molecule has 3 heterocycles. The van der Waals surface area contributed by atoms with Gasteiger partial charge in [-0.3, -0.25) is 9.59 Å². The lowest BCUT2D eigenvalue weighted by Crippen LogP contribution is -2.46. The molecule has 1 N–H and O–H groups in total. The van der Waals surface area contributed by atoms with Gasteiger partial charge in [-0.05, 0) is 66.9 Å². The van der Waals surface area contributed by atoms with Gasteiger partial charge in [0.15, 0.2) is 11.8 Å². The lowest BCUT2D eigenvalue weighted by atomic mass is 10.1. The first kappa shape index (κ1) is 25.2. The number of furan rings is 2. The van der Waals surface area contributed by atoms with E-state index in [1.807, 2.05) is 31.2 Å². The Hall–Kier alpha value is -4.41. The van der Waals surface area contributed by atoms with Gasteiger partial charge in [-0.15, -0.1) is 10.2 Å². The van der Waals surface area contributed by atoms with Gasteiger partial charge in [-0.1, -0.05) is 25.0 Å². The summed E-state index contributed by atoms with van der Waals surface area (Å²) in [5, 5.41) is 15.5. The fraction of sp³-hybridized carbons (Fsp3) is 0.370. The topological polar surface area (TPSA) is 129 Å². The molecule has 1 fully saturated rings. The predicted octanol–water partition coefficient (Wildman–Crippen LogP) is 3.67. The van der Waals surface area contributed by atoms with E-state index in [4.69, 9.17) is 13.6 Å². The first-order chi connectivity index (χ1) is 18.5. The van der Waals surface area contributed by atoms with Gasteiger partial charge < -0.3 is 23.8 Å². The molecule has 1 aliphatic carbocycles. The number of methoxy groups -OCH3 is 1. The molecule has 0 saturated heterocycles. The maximum absolute atomic E-state index is 13.8. The summed E-state index contributed by atoms with van der Waals surface area (Å²) in [6, 6.07) is 13.4. The molecule has 198 valence electrons. The van der Waals surface area contributed by atoms with Gasteiger partial charge in [-0.2, -0.15) is 4.80 Å². The summed E-state index contributed by atoms with van der Waals surface area (Å²) in [5.41, 5.74) is 0.822. The van der Waals surface area contributed by atoms with Gasteiger partial charge >= 0.3 is 0 Å². The molecule has 3 aromatic heterocycles. The second kappa shape index (κ2) is 11.3. The number of carbonyl (C=O) groups excluding carboxylic acids is 2. The number of aromatic nitrogens is 4. The third-order valence-electron chi connectivity index (χ3n) is 6.60. The van der Waals surface area contributed by atoms with Gasteiger partial charge in [0.1, 0.15) is 23.8 Å². The van der Waals surface area contributed by atoms with Crippen LogP contribution in [-0.4, -0.2) is 50.1 Å². The highest BCUT2D eigenvalue weighted by Crippen LogP contribution is 2.27. The van der Waals surface area contributed by atoms with Crippen molar-refractivity contribution < 1.29 is 23.2 Å². The van der Waals surface area contributed by atoms with Crippen LogP contribution in [0.3, 0.4) is 0 Å². The van der Waals surface area contributed by atoms with Crippen molar-refractivity contribution in [2.75, 3.05) is 7.11 Å². The zero-order chi connectivity index (χ0) is 26.5. The number of hydrogen-bond acceptors (Lipinski definition) is 8. The normalized spacial score (nSPS) is 14.4. The number of amides is 2. The molecule has 4 aromatic rings. The van der Waals surface area contributed by atoms with Crippen LogP contribution in [-0.2, 0) is 22.7 Å². The standard InChI is InChI=1S/C27H30N6O5/c1-18-9-14-23(38-18)26-29-31-33(30-26)17-24(34)32(16-19-10-12-21(36-2)13-11-19)25(22-8-5-15-37-22)27(35)28-20-6-3-4-7-20/h5,8-15,20,25H,3-4,6-7,16-17H2,1-2H3,(H,28,35). The van der Waals surface area contributed by atoms with Crippen molar-refractivity contribution >= 4 is 11.8 Å². The Balaban J connectivity index is 1.43. The maximum Gasteiger partial charge on any atom is 0.250 e. The third-order valence-corrected chi connectivity index (χ3v) is 6.60. The second-order valence-corrected chi connectivity index (χ2v) is 9.33. The Morgan fingerprint density at radius 2 is 1.95 bits per heavy atom. The largest absolute Gasteiger partial charge is 0.497 e. The molecule has 1 aromatic carbocycles. The van der Waals surface area contributed by atoms with Gasteiger partial charge in [-0.25, -0.2) is 0 Å². The fourth-order valence-electron chi connectivity index (χ4n) is 4.65. The van der Waals surface area contributed by atoms with Crippen molar-refractivity contribution in [1.82, 2.24) is 30.4 Å². The molecule has 38 heavy (non-hydrogen) atoms. The number of nitrogens with zero attached hydrogens (tertiary/aromatic N) is 5. The van der Waals surface area contributed by atoms with Crippen LogP contribution in [0.5, 0.6) is 5.75 Å². The van der Waals surface area contributed by atoms with Crippen molar-refractivity contribution in [3.05, 3.63) is 71.9 Å². The minimum absolute atomic E-state index is 0.0780. The van der Waals surface area contributed by atoms with E-state index >= 15 is 0 Å². The Morgan fingerprint density at radius 1 is 1.16 bits per heavy atom. The highest BCUT2D eigenvalue weighted by Gasteiger charge is 2.35. The number of hydrogen-bond donors (Lipinski definition) is 1. The van der Waals surface area contributed by atoms with Crippen molar-refractivity contribution in [2.45, 2.75) is 57.8 Å². The Kier molecular flexibility index (Phi) is 7.52. The van der Waals surface area contributed by atoms with Gasteiger partial charge in [0.05, 0.1) is 13.4 Å². The van der Waals surface area contributed by atoms with Gasteiger partial charge in [0.25, 0.3) is 5.91 Å². The van der Waals surface area contributed by atoms with E-state index in [1.54, 1.807) is 31.4 Å². The van der Waals surface area contributed by atoms with Crippen molar-refractivity contribution in [3.63, 3.8) is 0 Å². The molecule has 11 nitrogen and oxygen atoms in total. The molecule has 0 spiro atoms. The first-order valence-electron chi connectivity index (χ1n) is 12.6. The Bertz CT molecular complexity index is 1350. The van der Waals surface area contributed by atoms with Crippen LogP contribution in [0.1, 0.15) is 48.8 Å². The minimum atomic E-state index is -0.976. The molecular formula is C27H30N6O5. The maximum atomic E-state index is 13.8. The smallest absolute Gasteiger partial charge is 0.250 e. The molecule has 0 bridgehead atoms. The average Bonchev–Trinajstić information content (AvgIpc) is 3.73. The summed E-state index contributed by atoms with van der Waals surface area (Å²) < 4.78 is 16.5. The molecule has 1 atom stereocenters. The number of rotatable bonds is 10. The van der Waals surface area contributed by atoms with E-state index in [1.165, 1.54) is 16.0 Å². The van der Waals surface area contributed by atoms with E-state index in [9.17, 15) is 9.59 Å². The van der Waals surface area contributed by atoms with Crippen LogP contribution in [0, 0.1) is 6.92 Å². The molecule has 1 saturated carbocycles. The highest BCUT2D eigenvalue weighted by atomic mass is 16.5. The number of benzene rings is 1. The van der Waals surface area contributed by atoms with Crippen molar-refractivity contribution in [2.24, 2.45) is 0 Å². The molecule has 0 aliphatic heterocycles. The van der Waals surface area contributed by atoms with Crippen LogP contribution < -0.4 is 10.1 Å². The zero-order valence-electron chi connectivity index (χ0n) is 21.4.